The Labute approximate surface area is 121 Å². The van der Waals surface area contributed by atoms with E-state index in [0.717, 1.165) is 5.56 Å². The van der Waals surface area contributed by atoms with Crippen molar-refractivity contribution in [2.45, 2.75) is 31.0 Å². The highest BCUT2D eigenvalue weighted by Gasteiger charge is 2.65. The molecule has 0 bridgehead atoms. The molecule has 0 unspecified atom stereocenters. The maximum absolute atomic E-state index is 13.3. The zero-order valence-electron chi connectivity index (χ0n) is 11.4. The predicted molar refractivity (Wildman–Crippen MR) is 74.2 cm³/mol. The van der Waals surface area contributed by atoms with Crippen LogP contribution in [0.3, 0.4) is 0 Å². The van der Waals surface area contributed by atoms with Crippen molar-refractivity contribution >= 4 is 0 Å². The Kier molecular flexibility index (Phi) is 3.40. The van der Waals surface area contributed by atoms with Crippen LogP contribution in [-0.4, -0.2) is 6.18 Å². The van der Waals surface area contributed by atoms with Crippen molar-refractivity contribution in [3.05, 3.63) is 65.7 Å². The number of alkyl halides is 3. The first-order valence-electron chi connectivity index (χ1n) is 6.86. The lowest BCUT2D eigenvalue weighted by Crippen LogP contribution is -2.29. The maximum atomic E-state index is 13.3. The van der Waals surface area contributed by atoms with Crippen molar-refractivity contribution in [2.75, 3.05) is 0 Å². The largest absolute Gasteiger partial charge is 0.489 e. The second kappa shape index (κ2) is 5.10. The summed E-state index contributed by atoms with van der Waals surface area (Å²) in [5, 5.41) is 0. The summed E-state index contributed by atoms with van der Waals surface area (Å²) in [5.74, 6) is 0.330. The Morgan fingerprint density at radius 2 is 1.52 bits per heavy atom. The highest BCUT2D eigenvalue weighted by atomic mass is 19.4. The number of hydrogen-bond donors (Lipinski definition) is 0. The zero-order chi connectivity index (χ0) is 14.9. The van der Waals surface area contributed by atoms with Gasteiger partial charge in [0.25, 0.3) is 0 Å². The summed E-state index contributed by atoms with van der Waals surface area (Å²) >= 11 is 0. The molecule has 1 saturated carbocycles. The molecule has 0 aromatic heterocycles. The van der Waals surface area contributed by atoms with Crippen molar-refractivity contribution in [1.82, 2.24) is 0 Å². The van der Waals surface area contributed by atoms with Crippen LogP contribution in [0.5, 0.6) is 5.75 Å². The second-order valence-electron chi connectivity index (χ2n) is 5.35. The summed E-state index contributed by atoms with van der Waals surface area (Å²) in [6, 6.07) is 15.9. The third kappa shape index (κ3) is 2.62. The fraction of sp³-hybridized carbons (Fsp3) is 0.294. The monoisotopic (exact) mass is 292 g/mol. The van der Waals surface area contributed by atoms with Crippen molar-refractivity contribution in [2.24, 2.45) is 0 Å². The average Bonchev–Trinajstić information content (AvgIpc) is 3.28. The van der Waals surface area contributed by atoms with Crippen molar-refractivity contribution in [3.63, 3.8) is 0 Å². The van der Waals surface area contributed by atoms with Gasteiger partial charge in [-0.05, 0) is 24.5 Å². The van der Waals surface area contributed by atoms with Gasteiger partial charge in [-0.1, -0.05) is 48.5 Å². The Hall–Kier alpha value is -1.97. The summed E-state index contributed by atoms with van der Waals surface area (Å²) in [7, 11) is 0. The first-order chi connectivity index (χ1) is 10.0. The highest BCUT2D eigenvalue weighted by Crippen LogP contribution is 2.60. The third-order valence-electron chi connectivity index (χ3n) is 3.93. The van der Waals surface area contributed by atoms with Crippen LogP contribution in [0.15, 0.2) is 54.6 Å². The van der Waals surface area contributed by atoms with E-state index < -0.39 is 11.6 Å². The molecule has 1 fully saturated rings. The molecule has 110 valence electrons. The molecule has 2 aromatic carbocycles. The fourth-order valence-electron chi connectivity index (χ4n) is 2.55. The van der Waals surface area contributed by atoms with Gasteiger partial charge in [-0.2, -0.15) is 13.2 Å². The van der Waals surface area contributed by atoms with Crippen LogP contribution >= 0.6 is 0 Å². The zero-order valence-corrected chi connectivity index (χ0v) is 11.4. The third-order valence-corrected chi connectivity index (χ3v) is 3.93. The number of rotatable bonds is 4. The summed E-state index contributed by atoms with van der Waals surface area (Å²) < 4.78 is 45.5. The van der Waals surface area contributed by atoms with E-state index in [2.05, 4.69) is 0 Å². The standard InChI is InChI=1S/C17H15F3O/c18-17(19,20)16(10-11-16)14-8-4-5-9-15(14)21-12-13-6-2-1-3-7-13/h1-9H,10-12H2. The van der Waals surface area contributed by atoms with Gasteiger partial charge in [-0.15, -0.1) is 0 Å². The number of halogens is 3. The molecule has 3 rings (SSSR count). The van der Waals surface area contributed by atoms with Gasteiger partial charge in [0.2, 0.25) is 0 Å². The second-order valence-corrected chi connectivity index (χ2v) is 5.35. The molecule has 0 radical (unpaired) electrons. The SMILES string of the molecule is FC(F)(F)C1(c2ccccc2OCc2ccccc2)CC1. The molecule has 0 saturated heterocycles. The normalized spacial score (nSPS) is 16.5. The molecule has 0 spiro atoms. The number of hydrogen-bond acceptors (Lipinski definition) is 1. The van der Waals surface area contributed by atoms with Gasteiger partial charge in [0.1, 0.15) is 12.4 Å². The van der Waals surface area contributed by atoms with Crippen molar-refractivity contribution < 1.29 is 17.9 Å². The van der Waals surface area contributed by atoms with E-state index in [1.165, 1.54) is 6.07 Å². The molecule has 2 aromatic rings. The van der Waals surface area contributed by atoms with Gasteiger partial charge in [-0.3, -0.25) is 0 Å². The lowest BCUT2D eigenvalue weighted by molar-refractivity contribution is -0.161. The van der Waals surface area contributed by atoms with Gasteiger partial charge < -0.3 is 4.74 Å². The summed E-state index contributed by atoms with van der Waals surface area (Å²) in [5.41, 5.74) is -0.516. The Bertz CT molecular complexity index is 615. The molecular weight excluding hydrogens is 277 g/mol. The summed E-state index contributed by atoms with van der Waals surface area (Å²) in [6.45, 7) is 0.270. The molecule has 1 nitrogen and oxygen atoms in total. The quantitative estimate of drug-likeness (QED) is 0.782. The first-order valence-corrected chi connectivity index (χ1v) is 6.86. The van der Waals surface area contributed by atoms with E-state index in [9.17, 15) is 13.2 Å². The van der Waals surface area contributed by atoms with Gasteiger partial charge >= 0.3 is 6.18 Å². The van der Waals surface area contributed by atoms with E-state index in [1.54, 1.807) is 18.2 Å². The van der Waals surface area contributed by atoms with Crippen LogP contribution in [0.25, 0.3) is 0 Å². The van der Waals surface area contributed by atoms with Crippen LogP contribution in [0.1, 0.15) is 24.0 Å². The minimum absolute atomic E-state index is 0.141. The van der Waals surface area contributed by atoms with E-state index in [0.29, 0.717) is 5.75 Å². The molecule has 0 N–H and O–H groups in total. The molecule has 4 heteroatoms. The highest BCUT2D eigenvalue weighted by molar-refractivity contribution is 5.44. The average molecular weight is 292 g/mol. The van der Waals surface area contributed by atoms with Crippen LogP contribution < -0.4 is 4.74 Å². The molecule has 0 amide bonds. The minimum atomic E-state index is -4.22. The van der Waals surface area contributed by atoms with Crippen molar-refractivity contribution in [1.29, 1.82) is 0 Å². The van der Waals surface area contributed by atoms with Gasteiger partial charge in [0.15, 0.2) is 0 Å². The molecule has 1 aliphatic rings. The van der Waals surface area contributed by atoms with Crippen LogP contribution in [-0.2, 0) is 12.0 Å². The van der Waals surface area contributed by atoms with Crippen LogP contribution in [0.4, 0.5) is 13.2 Å². The molecule has 1 aliphatic carbocycles. The van der Waals surface area contributed by atoms with E-state index in [4.69, 9.17) is 4.74 Å². The Morgan fingerprint density at radius 3 is 2.14 bits per heavy atom. The van der Waals surface area contributed by atoms with E-state index >= 15 is 0 Å². The minimum Gasteiger partial charge on any atom is -0.489 e. The first kappa shape index (κ1) is 14.0. The summed E-state index contributed by atoms with van der Waals surface area (Å²) in [6.07, 6.45) is -3.94. The Balaban J connectivity index is 1.84. The van der Waals surface area contributed by atoms with Crippen LogP contribution in [0, 0.1) is 0 Å². The number of para-hydroxylation sites is 1. The topological polar surface area (TPSA) is 9.23 Å². The fourth-order valence-corrected chi connectivity index (χ4v) is 2.55. The van der Waals surface area contributed by atoms with Crippen molar-refractivity contribution in [3.8, 4) is 5.75 Å². The molecule has 21 heavy (non-hydrogen) atoms. The Morgan fingerprint density at radius 1 is 0.905 bits per heavy atom. The van der Waals surface area contributed by atoms with E-state index in [-0.39, 0.29) is 25.0 Å². The predicted octanol–water partition coefficient (Wildman–Crippen LogP) is 4.86. The molecule has 0 heterocycles. The number of ether oxygens (including phenoxy) is 1. The smallest absolute Gasteiger partial charge is 0.398 e. The summed E-state index contributed by atoms with van der Waals surface area (Å²) in [4.78, 5) is 0. The lowest BCUT2D eigenvalue weighted by Gasteiger charge is -2.22. The van der Waals surface area contributed by atoms with Gasteiger partial charge in [-0.25, -0.2) is 0 Å². The molecule has 0 aliphatic heterocycles. The molecule has 0 atom stereocenters. The maximum Gasteiger partial charge on any atom is 0.398 e. The lowest BCUT2D eigenvalue weighted by atomic mass is 9.94. The molecular formula is C17H15F3O. The van der Waals surface area contributed by atoms with E-state index in [1.807, 2.05) is 30.3 Å². The van der Waals surface area contributed by atoms with Gasteiger partial charge in [0.05, 0.1) is 5.41 Å². The van der Waals surface area contributed by atoms with Crippen LogP contribution in [0.2, 0.25) is 0 Å². The van der Waals surface area contributed by atoms with Gasteiger partial charge in [0, 0.05) is 5.56 Å². The number of benzene rings is 2.